The van der Waals surface area contributed by atoms with Gasteiger partial charge < -0.3 is 19.1 Å². The van der Waals surface area contributed by atoms with E-state index in [1.165, 1.54) is 64.2 Å². The largest absolute Gasteiger partial charge is 1.00 e. The molecule has 29 heavy (non-hydrogen) atoms. The summed E-state index contributed by atoms with van der Waals surface area (Å²) in [4.78, 5) is 25.7. The van der Waals surface area contributed by atoms with Gasteiger partial charge in [0.1, 0.15) is 7.82 Å². The number of hydrogen-bond donors (Lipinski definition) is 0. The van der Waals surface area contributed by atoms with E-state index in [1.807, 2.05) is 13.8 Å². The van der Waals surface area contributed by atoms with Crippen LogP contribution in [-0.2, 0) is 18.9 Å². The second kappa shape index (κ2) is 24.7. The van der Waals surface area contributed by atoms with Crippen LogP contribution in [0.5, 0.6) is 0 Å². The van der Waals surface area contributed by atoms with Crippen molar-refractivity contribution in [3.63, 3.8) is 0 Å². The van der Waals surface area contributed by atoms with E-state index in [2.05, 4.69) is 16.5 Å². The van der Waals surface area contributed by atoms with Crippen LogP contribution in [-0.4, -0.2) is 12.9 Å². The van der Waals surface area contributed by atoms with Crippen molar-refractivity contribution in [3.05, 3.63) is 0 Å². The molecule has 0 fully saturated rings. The smallest absolute Gasteiger partial charge is 0.788 e. The van der Waals surface area contributed by atoms with Gasteiger partial charge in [-0.05, 0) is 12.3 Å². The van der Waals surface area contributed by atoms with Crippen LogP contribution in [0.1, 0.15) is 111 Å². The van der Waals surface area contributed by atoms with E-state index in [1.54, 1.807) is 0 Å². The second-order valence-corrected chi connectivity index (χ2v) is 8.85. The maximum atomic E-state index is 10.5. The molecule has 0 aromatic heterocycles. The van der Waals surface area contributed by atoms with Crippen LogP contribution in [0.3, 0.4) is 0 Å². The molecule has 0 bridgehead atoms. The predicted octanol–water partition coefficient (Wildman–Crippen LogP) is -0.749. The molecule has 0 spiro atoms. The summed E-state index contributed by atoms with van der Waals surface area (Å²) in [6.07, 6.45) is 16.1. The first-order valence-corrected chi connectivity index (χ1v) is 12.3. The SMILES string of the molecule is CCCCCCCCCCCCCCCC(OCC(C)C)OOP(=O)([O-])[O-].[Na+].[Na+]. The van der Waals surface area contributed by atoms with Crippen molar-refractivity contribution >= 4 is 7.82 Å². The van der Waals surface area contributed by atoms with E-state index in [0.29, 0.717) is 13.0 Å². The predicted molar refractivity (Wildman–Crippen MR) is 105 cm³/mol. The van der Waals surface area contributed by atoms with E-state index >= 15 is 0 Å². The summed E-state index contributed by atoms with van der Waals surface area (Å²) in [6, 6.07) is 0. The quantitative estimate of drug-likeness (QED) is 0.0601. The Kier molecular flexibility index (Phi) is 30.3. The summed E-state index contributed by atoms with van der Waals surface area (Å²) in [7, 11) is -5.14. The Bertz CT molecular complexity index is 369. The molecule has 0 N–H and O–H groups in total. The average Bonchev–Trinajstić information content (AvgIpc) is 2.59. The van der Waals surface area contributed by atoms with Crippen molar-refractivity contribution in [2.75, 3.05) is 6.61 Å². The summed E-state index contributed by atoms with van der Waals surface area (Å²) in [5, 5.41) is 0. The Labute approximate surface area is 223 Å². The van der Waals surface area contributed by atoms with Gasteiger partial charge in [-0.15, -0.1) is 0 Å². The molecule has 0 heterocycles. The number of unbranched alkanes of at least 4 members (excludes halogenated alkanes) is 12. The molecule has 0 saturated heterocycles. The maximum absolute atomic E-state index is 10.5. The second-order valence-electron chi connectivity index (χ2n) is 7.81. The van der Waals surface area contributed by atoms with E-state index in [9.17, 15) is 14.4 Å². The normalized spacial score (nSPS) is 12.5. The molecule has 9 heteroatoms. The van der Waals surface area contributed by atoms with Gasteiger partial charge in [0.25, 0.3) is 0 Å². The zero-order chi connectivity index (χ0) is 20.4. The molecule has 0 amide bonds. The summed E-state index contributed by atoms with van der Waals surface area (Å²) in [5.41, 5.74) is 0. The first-order chi connectivity index (χ1) is 12.8. The Morgan fingerprint density at radius 1 is 0.759 bits per heavy atom. The molecule has 0 aliphatic carbocycles. The van der Waals surface area contributed by atoms with Gasteiger partial charge >= 0.3 is 59.1 Å². The van der Waals surface area contributed by atoms with Crippen molar-refractivity contribution in [2.45, 2.75) is 117 Å². The van der Waals surface area contributed by atoms with Crippen LogP contribution in [0.15, 0.2) is 0 Å². The third-order valence-corrected chi connectivity index (χ3v) is 4.67. The topological polar surface area (TPSA) is 90.9 Å². The molecule has 0 aromatic carbocycles. The zero-order valence-electron chi connectivity index (χ0n) is 19.7. The number of phosphoric acid groups is 1. The minimum atomic E-state index is -5.14. The summed E-state index contributed by atoms with van der Waals surface area (Å²) >= 11 is 0. The van der Waals surface area contributed by atoms with Gasteiger partial charge in [0, 0.05) is 6.42 Å². The van der Waals surface area contributed by atoms with Gasteiger partial charge in [0.2, 0.25) is 0 Å². The average molecular weight is 454 g/mol. The molecule has 0 rings (SSSR count). The van der Waals surface area contributed by atoms with Crippen molar-refractivity contribution in [2.24, 2.45) is 5.92 Å². The van der Waals surface area contributed by atoms with Crippen LogP contribution in [0.25, 0.3) is 0 Å². The van der Waals surface area contributed by atoms with Gasteiger partial charge in [-0.25, -0.2) is 9.56 Å². The van der Waals surface area contributed by atoms with E-state index in [-0.39, 0.29) is 65.0 Å². The van der Waals surface area contributed by atoms with Crippen molar-refractivity contribution in [1.29, 1.82) is 0 Å². The minimum absolute atomic E-state index is 0. The molecule has 0 radical (unpaired) electrons. The van der Waals surface area contributed by atoms with Crippen LogP contribution < -0.4 is 68.9 Å². The molecular weight excluding hydrogens is 413 g/mol. The summed E-state index contributed by atoms with van der Waals surface area (Å²) < 4.78 is 19.9. The summed E-state index contributed by atoms with van der Waals surface area (Å²) in [6.45, 7) is 6.63. The molecule has 164 valence electrons. The maximum Gasteiger partial charge on any atom is 1.00 e. The molecule has 0 saturated carbocycles. The van der Waals surface area contributed by atoms with Crippen molar-refractivity contribution in [3.8, 4) is 0 Å². The van der Waals surface area contributed by atoms with Crippen LogP contribution in [0.2, 0.25) is 0 Å². The van der Waals surface area contributed by atoms with E-state index in [0.717, 1.165) is 19.3 Å². The van der Waals surface area contributed by atoms with E-state index < -0.39 is 14.1 Å². The van der Waals surface area contributed by atoms with Crippen LogP contribution >= 0.6 is 7.82 Å². The first-order valence-electron chi connectivity index (χ1n) is 10.8. The Morgan fingerprint density at radius 2 is 1.17 bits per heavy atom. The number of rotatable bonds is 20. The molecule has 6 nitrogen and oxygen atoms in total. The monoisotopic (exact) mass is 454 g/mol. The molecule has 0 aromatic rings. The van der Waals surface area contributed by atoms with Gasteiger partial charge in [-0.3, -0.25) is 0 Å². The van der Waals surface area contributed by atoms with E-state index in [4.69, 9.17) is 4.74 Å². The Hall–Kier alpha value is 2.03. The third-order valence-electron chi connectivity index (χ3n) is 4.40. The fourth-order valence-corrected chi connectivity index (χ4v) is 3.09. The standard InChI is InChI=1S/C20H43O6P.2Na/c1-4-5-6-7-8-9-10-11-12-13-14-15-16-17-20(24-18-19(2)3)25-26-27(21,22)23;;/h19-20H,4-18H2,1-3H3,(H2,21,22,23);;/q;2*+1/p-2. The fourth-order valence-electron chi connectivity index (χ4n) is 2.89. The summed E-state index contributed by atoms with van der Waals surface area (Å²) in [5.74, 6) is 0.286. The van der Waals surface area contributed by atoms with Gasteiger partial charge in [-0.1, -0.05) is 97.8 Å². The van der Waals surface area contributed by atoms with Gasteiger partial charge in [0.15, 0.2) is 6.29 Å². The van der Waals surface area contributed by atoms with Crippen LogP contribution in [0, 0.1) is 5.92 Å². The minimum Gasteiger partial charge on any atom is -0.788 e. The molecular formula is C20H41Na2O6P. The Balaban J connectivity index is -0.00000338. The number of hydrogen-bond acceptors (Lipinski definition) is 6. The molecule has 0 aliphatic rings. The first kappa shape index (κ1) is 35.6. The van der Waals surface area contributed by atoms with Gasteiger partial charge in [0.05, 0.1) is 6.61 Å². The number of ether oxygens (including phenoxy) is 1. The van der Waals surface area contributed by atoms with Gasteiger partial charge in [-0.2, -0.15) is 0 Å². The molecule has 1 unspecified atom stereocenters. The van der Waals surface area contributed by atoms with Crippen LogP contribution in [0.4, 0.5) is 0 Å². The van der Waals surface area contributed by atoms with Crippen molar-refractivity contribution < 1.29 is 87.8 Å². The molecule has 1 atom stereocenters. The van der Waals surface area contributed by atoms with Crippen molar-refractivity contribution in [1.82, 2.24) is 0 Å². The fraction of sp³-hybridized carbons (Fsp3) is 1.00. The third kappa shape index (κ3) is 30.0. The molecule has 0 aliphatic heterocycles. The Morgan fingerprint density at radius 3 is 1.55 bits per heavy atom. The zero-order valence-corrected chi connectivity index (χ0v) is 24.6.